The lowest BCUT2D eigenvalue weighted by atomic mass is 10.1. The van der Waals surface area contributed by atoms with Crippen LogP contribution in [-0.2, 0) is 0 Å². The number of aryl methyl sites for hydroxylation is 1. The maximum atomic E-state index is 13.2. The zero-order chi connectivity index (χ0) is 12.8. The van der Waals surface area contributed by atoms with E-state index in [0.29, 0.717) is 25.2 Å². The van der Waals surface area contributed by atoms with Crippen LogP contribution in [0.3, 0.4) is 0 Å². The third-order valence-corrected chi connectivity index (χ3v) is 2.59. The summed E-state index contributed by atoms with van der Waals surface area (Å²) in [4.78, 5) is 13.8. The molecular formula is C13H19FN2O. The van der Waals surface area contributed by atoms with Gasteiger partial charge in [-0.25, -0.2) is 4.39 Å². The Labute approximate surface area is 101 Å². The second-order valence-corrected chi connectivity index (χ2v) is 4.04. The molecule has 0 aliphatic heterocycles. The van der Waals surface area contributed by atoms with E-state index in [0.717, 1.165) is 12.0 Å². The average Bonchev–Trinajstić information content (AvgIpc) is 2.28. The molecule has 0 aromatic heterocycles. The van der Waals surface area contributed by atoms with Gasteiger partial charge in [0.25, 0.3) is 5.91 Å². The molecule has 2 N–H and O–H groups in total. The fourth-order valence-electron chi connectivity index (χ4n) is 1.73. The fourth-order valence-corrected chi connectivity index (χ4v) is 1.73. The number of hydrogen-bond donors (Lipinski definition) is 1. The highest BCUT2D eigenvalue weighted by Crippen LogP contribution is 2.11. The van der Waals surface area contributed by atoms with Crippen LogP contribution in [0.25, 0.3) is 0 Å². The fraction of sp³-hybridized carbons (Fsp3) is 0.462. The third kappa shape index (κ3) is 3.82. The molecule has 0 heterocycles. The SMILES string of the molecule is CCN(CCCN)C(=O)c1cc(C)cc(F)c1. The number of nitrogens with zero attached hydrogens (tertiary/aromatic N) is 1. The molecule has 1 aromatic carbocycles. The van der Waals surface area contributed by atoms with E-state index >= 15 is 0 Å². The first-order chi connectivity index (χ1) is 8.08. The van der Waals surface area contributed by atoms with E-state index in [-0.39, 0.29) is 11.7 Å². The molecule has 0 bridgehead atoms. The highest BCUT2D eigenvalue weighted by molar-refractivity contribution is 5.94. The van der Waals surface area contributed by atoms with Crippen molar-refractivity contribution in [3.8, 4) is 0 Å². The molecule has 94 valence electrons. The van der Waals surface area contributed by atoms with Crippen molar-refractivity contribution in [2.45, 2.75) is 20.3 Å². The molecule has 1 rings (SSSR count). The quantitative estimate of drug-likeness (QED) is 0.852. The van der Waals surface area contributed by atoms with Gasteiger partial charge in [-0.15, -0.1) is 0 Å². The zero-order valence-electron chi connectivity index (χ0n) is 10.4. The summed E-state index contributed by atoms with van der Waals surface area (Å²) in [5, 5.41) is 0. The number of nitrogens with two attached hydrogens (primary N) is 1. The summed E-state index contributed by atoms with van der Waals surface area (Å²) in [5.74, 6) is -0.508. The van der Waals surface area contributed by atoms with Crippen LogP contribution in [0, 0.1) is 12.7 Å². The molecule has 0 saturated carbocycles. The van der Waals surface area contributed by atoms with Crippen molar-refractivity contribution >= 4 is 5.91 Å². The molecule has 1 aromatic rings. The van der Waals surface area contributed by atoms with Gasteiger partial charge in [0.05, 0.1) is 0 Å². The smallest absolute Gasteiger partial charge is 0.253 e. The van der Waals surface area contributed by atoms with Crippen LogP contribution in [0.4, 0.5) is 4.39 Å². The van der Waals surface area contributed by atoms with Gasteiger partial charge >= 0.3 is 0 Å². The summed E-state index contributed by atoms with van der Waals surface area (Å²) in [6.07, 6.45) is 0.758. The summed E-state index contributed by atoms with van der Waals surface area (Å²) in [7, 11) is 0. The monoisotopic (exact) mass is 238 g/mol. The lowest BCUT2D eigenvalue weighted by Crippen LogP contribution is -2.32. The summed E-state index contributed by atoms with van der Waals surface area (Å²) in [6, 6.07) is 4.39. The van der Waals surface area contributed by atoms with E-state index in [2.05, 4.69) is 0 Å². The molecule has 0 aliphatic carbocycles. The van der Waals surface area contributed by atoms with Crippen LogP contribution in [0.1, 0.15) is 29.3 Å². The lowest BCUT2D eigenvalue weighted by Gasteiger charge is -2.20. The zero-order valence-corrected chi connectivity index (χ0v) is 10.4. The van der Waals surface area contributed by atoms with Crippen molar-refractivity contribution < 1.29 is 9.18 Å². The molecule has 0 fully saturated rings. The Kier molecular flexibility index (Phi) is 5.10. The largest absolute Gasteiger partial charge is 0.339 e. The lowest BCUT2D eigenvalue weighted by molar-refractivity contribution is 0.0763. The highest BCUT2D eigenvalue weighted by atomic mass is 19.1. The summed E-state index contributed by atoms with van der Waals surface area (Å²) < 4.78 is 13.2. The normalized spacial score (nSPS) is 10.4. The highest BCUT2D eigenvalue weighted by Gasteiger charge is 2.14. The number of benzene rings is 1. The topological polar surface area (TPSA) is 46.3 Å². The number of amides is 1. The molecule has 0 spiro atoms. The van der Waals surface area contributed by atoms with Crippen LogP contribution >= 0.6 is 0 Å². The summed E-state index contributed by atoms with van der Waals surface area (Å²) in [6.45, 7) is 5.44. The molecule has 0 saturated heterocycles. The Morgan fingerprint density at radius 1 is 1.41 bits per heavy atom. The number of rotatable bonds is 5. The van der Waals surface area contributed by atoms with Crippen molar-refractivity contribution in [2.24, 2.45) is 5.73 Å². The van der Waals surface area contributed by atoms with Gasteiger partial charge in [-0.3, -0.25) is 4.79 Å². The van der Waals surface area contributed by atoms with Gasteiger partial charge < -0.3 is 10.6 Å². The van der Waals surface area contributed by atoms with Crippen LogP contribution < -0.4 is 5.73 Å². The molecule has 0 aliphatic rings. The first kappa shape index (κ1) is 13.6. The summed E-state index contributed by atoms with van der Waals surface area (Å²) >= 11 is 0. The van der Waals surface area contributed by atoms with E-state index in [1.165, 1.54) is 12.1 Å². The second-order valence-electron chi connectivity index (χ2n) is 4.04. The Balaban J connectivity index is 2.85. The molecule has 1 amide bonds. The second kappa shape index (κ2) is 6.35. The van der Waals surface area contributed by atoms with Crippen LogP contribution in [0.15, 0.2) is 18.2 Å². The molecule has 0 radical (unpaired) electrons. The van der Waals surface area contributed by atoms with Crippen LogP contribution in [-0.4, -0.2) is 30.4 Å². The van der Waals surface area contributed by atoms with Crippen molar-refractivity contribution in [1.29, 1.82) is 0 Å². The van der Waals surface area contributed by atoms with Gasteiger partial charge in [0.15, 0.2) is 0 Å². The van der Waals surface area contributed by atoms with Crippen LogP contribution in [0.5, 0.6) is 0 Å². The van der Waals surface area contributed by atoms with E-state index in [9.17, 15) is 9.18 Å². The van der Waals surface area contributed by atoms with Gasteiger partial charge in [-0.2, -0.15) is 0 Å². The van der Waals surface area contributed by atoms with Gasteiger partial charge in [0.1, 0.15) is 5.82 Å². The van der Waals surface area contributed by atoms with Gasteiger partial charge in [0.2, 0.25) is 0 Å². The number of carbonyl (C=O) groups is 1. The van der Waals surface area contributed by atoms with E-state index in [4.69, 9.17) is 5.73 Å². The molecular weight excluding hydrogens is 219 g/mol. The maximum Gasteiger partial charge on any atom is 0.253 e. The minimum Gasteiger partial charge on any atom is -0.339 e. The van der Waals surface area contributed by atoms with Gasteiger partial charge in [-0.05, 0) is 50.6 Å². The minimum absolute atomic E-state index is 0.136. The van der Waals surface area contributed by atoms with Gasteiger partial charge in [0, 0.05) is 18.7 Å². The minimum atomic E-state index is -0.372. The van der Waals surface area contributed by atoms with E-state index in [1.807, 2.05) is 6.92 Å². The third-order valence-electron chi connectivity index (χ3n) is 2.59. The first-order valence-corrected chi connectivity index (χ1v) is 5.85. The maximum absolute atomic E-state index is 13.2. The van der Waals surface area contributed by atoms with Crippen molar-refractivity contribution in [1.82, 2.24) is 4.90 Å². The van der Waals surface area contributed by atoms with Crippen molar-refractivity contribution in [2.75, 3.05) is 19.6 Å². The van der Waals surface area contributed by atoms with Crippen molar-refractivity contribution in [3.63, 3.8) is 0 Å². The number of hydrogen-bond acceptors (Lipinski definition) is 2. The van der Waals surface area contributed by atoms with Gasteiger partial charge in [-0.1, -0.05) is 0 Å². The molecule has 17 heavy (non-hydrogen) atoms. The number of carbonyl (C=O) groups excluding carboxylic acids is 1. The Morgan fingerprint density at radius 3 is 2.65 bits per heavy atom. The average molecular weight is 238 g/mol. The number of halogens is 1. The predicted octanol–water partition coefficient (Wildman–Crippen LogP) is 1.95. The predicted molar refractivity (Wildman–Crippen MR) is 66.4 cm³/mol. The van der Waals surface area contributed by atoms with Crippen molar-refractivity contribution in [3.05, 3.63) is 35.1 Å². The Morgan fingerprint density at radius 2 is 2.12 bits per heavy atom. The first-order valence-electron chi connectivity index (χ1n) is 5.85. The van der Waals surface area contributed by atoms with Crippen LogP contribution in [0.2, 0.25) is 0 Å². The standard InChI is InChI=1S/C13H19FN2O/c1-3-16(6-4-5-15)13(17)11-7-10(2)8-12(14)9-11/h7-9H,3-6,15H2,1-2H3. The van der Waals surface area contributed by atoms with E-state index in [1.54, 1.807) is 17.9 Å². The molecule has 0 atom stereocenters. The summed E-state index contributed by atoms with van der Waals surface area (Å²) in [5.41, 5.74) is 6.58. The molecule has 0 unspecified atom stereocenters. The van der Waals surface area contributed by atoms with E-state index < -0.39 is 0 Å². The Hall–Kier alpha value is -1.42. The molecule has 3 nitrogen and oxygen atoms in total. The molecule has 4 heteroatoms. The Bertz CT molecular complexity index is 373.